The molecule has 2 heterocycles. The summed E-state index contributed by atoms with van der Waals surface area (Å²) >= 11 is 0. The van der Waals surface area contributed by atoms with Gasteiger partial charge in [-0.05, 0) is 47.6 Å². The Labute approximate surface area is 206 Å². The van der Waals surface area contributed by atoms with Gasteiger partial charge in [-0.15, -0.1) is 0 Å². The molecule has 1 fully saturated rings. The zero-order valence-electron chi connectivity index (χ0n) is 20.6. The maximum atomic E-state index is 13.1. The molecular weight excluding hydrogens is 468 g/mol. The van der Waals surface area contributed by atoms with Gasteiger partial charge in [0.25, 0.3) is 0 Å². The van der Waals surface area contributed by atoms with Crippen LogP contribution in [0.1, 0.15) is 38.3 Å². The molecule has 2 unspecified atom stereocenters. The molecule has 2 aliphatic heterocycles. The summed E-state index contributed by atoms with van der Waals surface area (Å²) in [6, 6.07) is 10.1. The Morgan fingerprint density at radius 1 is 1.20 bits per heavy atom. The van der Waals surface area contributed by atoms with Crippen LogP contribution >= 0.6 is 0 Å². The summed E-state index contributed by atoms with van der Waals surface area (Å²) in [6.07, 6.45) is 2.26. The van der Waals surface area contributed by atoms with Gasteiger partial charge in [-0.2, -0.15) is 0 Å². The number of ether oxygens (including phenoxy) is 1. The van der Waals surface area contributed by atoms with Crippen LogP contribution in [0.15, 0.2) is 36.4 Å². The second-order valence-corrected chi connectivity index (χ2v) is 12.3. The van der Waals surface area contributed by atoms with Gasteiger partial charge in [0.1, 0.15) is 5.75 Å². The minimum atomic E-state index is -3.45. The number of fused-ring (bicyclic) bond motifs is 2. The zero-order valence-corrected chi connectivity index (χ0v) is 21.4. The van der Waals surface area contributed by atoms with E-state index >= 15 is 0 Å². The Bertz CT molecular complexity index is 1290. The number of hydrogen-bond donors (Lipinski definition) is 4. The van der Waals surface area contributed by atoms with Crippen LogP contribution in [-0.2, 0) is 31.4 Å². The number of nitrogens with one attached hydrogen (secondary N) is 4. The van der Waals surface area contributed by atoms with Crippen LogP contribution in [0.3, 0.4) is 0 Å². The number of carbonyl (C=O) groups excluding carboxylic acids is 2. The summed E-state index contributed by atoms with van der Waals surface area (Å²) in [5.41, 5.74) is 2.92. The normalized spacial score (nSPS) is 21.5. The summed E-state index contributed by atoms with van der Waals surface area (Å²) in [5.74, 6) is -0.0800. The zero-order chi connectivity index (χ0) is 25.6. The molecule has 2 atom stereocenters. The molecule has 10 heteroatoms. The Morgan fingerprint density at radius 3 is 2.60 bits per heavy atom. The van der Waals surface area contributed by atoms with Crippen molar-refractivity contribution in [2.75, 3.05) is 35.3 Å². The van der Waals surface area contributed by atoms with Crippen molar-refractivity contribution in [3.63, 3.8) is 0 Å². The SMILES string of the molecule is COc1cc(NS(C)(=O)=O)ccc1NC(=O)C1CC2(CN1)C(=O)Nc1ccc(CC(C)(C)C)cc12. The van der Waals surface area contributed by atoms with E-state index in [0.717, 1.165) is 29.5 Å². The van der Waals surface area contributed by atoms with Crippen molar-refractivity contribution in [1.29, 1.82) is 0 Å². The van der Waals surface area contributed by atoms with Gasteiger partial charge in [0, 0.05) is 18.3 Å². The van der Waals surface area contributed by atoms with Crippen LogP contribution in [0.5, 0.6) is 5.75 Å². The molecule has 4 N–H and O–H groups in total. The van der Waals surface area contributed by atoms with E-state index in [2.05, 4.69) is 47.5 Å². The monoisotopic (exact) mass is 500 g/mol. The number of benzene rings is 2. The van der Waals surface area contributed by atoms with E-state index in [1.54, 1.807) is 12.1 Å². The van der Waals surface area contributed by atoms with Crippen molar-refractivity contribution in [3.05, 3.63) is 47.5 Å². The van der Waals surface area contributed by atoms with Gasteiger partial charge in [-0.1, -0.05) is 32.9 Å². The van der Waals surface area contributed by atoms with Crippen LogP contribution in [0.4, 0.5) is 17.1 Å². The van der Waals surface area contributed by atoms with Gasteiger partial charge >= 0.3 is 0 Å². The predicted octanol–water partition coefficient (Wildman–Crippen LogP) is 2.85. The number of hydrogen-bond acceptors (Lipinski definition) is 6. The molecule has 1 spiro atoms. The van der Waals surface area contributed by atoms with Crippen molar-refractivity contribution in [1.82, 2.24) is 5.32 Å². The summed E-state index contributed by atoms with van der Waals surface area (Å²) in [6.45, 7) is 6.88. The quantitative estimate of drug-likeness (QED) is 0.483. The van der Waals surface area contributed by atoms with Gasteiger partial charge in [0.15, 0.2) is 0 Å². The second-order valence-electron chi connectivity index (χ2n) is 10.6. The highest BCUT2D eigenvalue weighted by molar-refractivity contribution is 7.92. The van der Waals surface area contributed by atoms with Gasteiger partial charge in [-0.3, -0.25) is 14.3 Å². The van der Waals surface area contributed by atoms with Crippen molar-refractivity contribution in [3.8, 4) is 5.75 Å². The highest BCUT2D eigenvalue weighted by atomic mass is 32.2. The molecule has 2 aliphatic rings. The summed E-state index contributed by atoms with van der Waals surface area (Å²) in [5, 5.41) is 9.05. The van der Waals surface area contributed by atoms with Gasteiger partial charge < -0.3 is 20.7 Å². The largest absolute Gasteiger partial charge is 0.494 e. The van der Waals surface area contributed by atoms with Crippen molar-refractivity contribution in [2.45, 2.75) is 45.1 Å². The van der Waals surface area contributed by atoms with Gasteiger partial charge in [0.2, 0.25) is 21.8 Å². The smallest absolute Gasteiger partial charge is 0.241 e. The molecule has 0 aromatic heterocycles. The van der Waals surface area contributed by atoms with Crippen molar-refractivity contribution in [2.24, 2.45) is 5.41 Å². The Morgan fingerprint density at radius 2 is 1.94 bits per heavy atom. The van der Waals surface area contributed by atoms with E-state index in [0.29, 0.717) is 30.1 Å². The van der Waals surface area contributed by atoms with Gasteiger partial charge in [0.05, 0.1) is 36.2 Å². The molecule has 4 rings (SSSR count). The van der Waals surface area contributed by atoms with Crippen LogP contribution in [0.2, 0.25) is 0 Å². The lowest BCUT2D eigenvalue weighted by atomic mass is 9.78. The fraction of sp³-hybridized carbons (Fsp3) is 0.440. The Hall–Kier alpha value is -3.11. The fourth-order valence-corrected chi connectivity index (χ4v) is 5.38. The fourth-order valence-electron chi connectivity index (χ4n) is 4.83. The average molecular weight is 501 g/mol. The van der Waals surface area contributed by atoms with Crippen LogP contribution in [0.25, 0.3) is 0 Å². The Kier molecular flexibility index (Phi) is 6.31. The third kappa shape index (κ3) is 5.28. The summed E-state index contributed by atoms with van der Waals surface area (Å²) < 4.78 is 30.7. The lowest BCUT2D eigenvalue weighted by Gasteiger charge is -2.23. The highest BCUT2D eigenvalue weighted by Gasteiger charge is 2.53. The van der Waals surface area contributed by atoms with E-state index in [-0.39, 0.29) is 17.2 Å². The third-order valence-electron chi connectivity index (χ3n) is 6.30. The highest BCUT2D eigenvalue weighted by Crippen LogP contribution is 2.44. The van der Waals surface area contributed by atoms with E-state index in [1.165, 1.54) is 13.2 Å². The molecular formula is C25H32N4O5S. The minimum absolute atomic E-state index is 0.100. The summed E-state index contributed by atoms with van der Waals surface area (Å²) in [4.78, 5) is 26.2. The minimum Gasteiger partial charge on any atom is -0.494 e. The molecule has 0 aliphatic carbocycles. The molecule has 0 saturated carbocycles. The number of methoxy groups -OCH3 is 1. The maximum absolute atomic E-state index is 13.1. The molecule has 2 aromatic carbocycles. The molecule has 1 saturated heterocycles. The first-order valence-corrected chi connectivity index (χ1v) is 13.3. The number of rotatable bonds is 6. The molecule has 0 radical (unpaired) electrons. The maximum Gasteiger partial charge on any atom is 0.241 e. The molecule has 2 amide bonds. The third-order valence-corrected chi connectivity index (χ3v) is 6.91. The molecule has 9 nitrogen and oxygen atoms in total. The number of amides is 2. The first kappa shape index (κ1) is 25.0. The average Bonchev–Trinajstić information content (AvgIpc) is 3.30. The lowest BCUT2D eigenvalue weighted by Crippen LogP contribution is -2.36. The van der Waals surface area contributed by atoms with Gasteiger partial charge in [-0.25, -0.2) is 8.42 Å². The van der Waals surface area contributed by atoms with E-state index in [1.807, 2.05) is 12.1 Å². The summed E-state index contributed by atoms with van der Waals surface area (Å²) in [7, 11) is -2.01. The van der Waals surface area contributed by atoms with Crippen molar-refractivity contribution >= 4 is 38.9 Å². The van der Waals surface area contributed by atoms with Crippen LogP contribution < -0.4 is 25.4 Å². The molecule has 35 heavy (non-hydrogen) atoms. The first-order valence-electron chi connectivity index (χ1n) is 11.4. The topological polar surface area (TPSA) is 126 Å². The van der Waals surface area contributed by atoms with Crippen LogP contribution in [-0.4, -0.2) is 46.2 Å². The van der Waals surface area contributed by atoms with E-state index in [4.69, 9.17) is 4.74 Å². The lowest BCUT2D eigenvalue weighted by molar-refractivity contribution is -0.120. The first-order chi connectivity index (χ1) is 16.3. The van der Waals surface area contributed by atoms with E-state index < -0.39 is 21.5 Å². The predicted molar refractivity (Wildman–Crippen MR) is 136 cm³/mol. The molecule has 2 aromatic rings. The van der Waals surface area contributed by atoms with Crippen molar-refractivity contribution < 1.29 is 22.7 Å². The number of carbonyl (C=O) groups is 2. The standard InChI is InChI=1S/C25H32N4O5S/c1-24(2,3)12-15-6-8-18-17(10-15)25(23(31)28-18)13-20(26-14-25)22(30)27-19-9-7-16(11-21(19)34-4)29-35(5,32)33/h6-11,20,26,29H,12-14H2,1-5H3,(H,27,30)(H,28,31). The Balaban J connectivity index is 1.53. The second kappa shape index (κ2) is 8.83. The molecule has 0 bridgehead atoms. The number of sulfonamides is 1. The number of anilines is 3. The molecule has 188 valence electrons. The van der Waals surface area contributed by atoms with E-state index in [9.17, 15) is 18.0 Å². The van der Waals surface area contributed by atoms with Crippen LogP contribution in [0, 0.1) is 5.41 Å².